The van der Waals surface area contributed by atoms with E-state index in [1.54, 1.807) is 27.7 Å². The molecule has 0 aliphatic carbocycles. The molecule has 0 spiro atoms. The number of Topliss-reactive ketones (excluding diaryl/α,β-unsaturated/α-hetero) is 1. The van der Waals surface area contributed by atoms with E-state index in [9.17, 15) is 32.7 Å². The number of benzene rings is 1. The van der Waals surface area contributed by atoms with Gasteiger partial charge in [0.25, 0.3) is 5.91 Å². The van der Waals surface area contributed by atoms with Gasteiger partial charge in [-0.25, -0.2) is 8.42 Å². The Morgan fingerprint density at radius 1 is 0.722 bits per heavy atom. The van der Waals surface area contributed by atoms with E-state index in [0.717, 1.165) is 0 Å². The molecule has 1 aromatic rings. The van der Waals surface area contributed by atoms with Crippen LogP contribution in [0, 0.1) is 5.92 Å². The third kappa shape index (κ3) is 18.9. The monoisotopic (exact) mass is 800 g/mol. The number of thioether (sulfide) groups is 1. The van der Waals surface area contributed by atoms with Crippen molar-refractivity contribution < 1.29 is 46.9 Å². The first kappa shape index (κ1) is 49.5. The molecule has 1 rings (SSSR count). The van der Waals surface area contributed by atoms with Crippen LogP contribution in [0.1, 0.15) is 137 Å². The van der Waals surface area contributed by atoms with Gasteiger partial charge < -0.3 is 30.0 Å². The van der Waals surface area contributed by atoms with Gasteiger partial charge in [0.15, 0.2) is 15.6 Å². The zero-order valence-corrected chi connectivity index (χ0v) is 37.0. The summed E-state index contributed by atoms with van der Waals surface area (Å²) in [6, 6.07) is 4.62. The van der Waals surface area contributed by atoms with Crippen molar-refractivity contribution in [1.82, 2.24) is 10.6 Å². The Hall–Kier alpha value is -2.52. The number of hydrogen-bond acceptors (Lipinski definition) is 10. The number of carbonyl (C=O) groups is 4. The SMILES string of the molecule is CC(C)(COC(C)(C)C)NC(=O)[C@H](CCC(=O)O)NC(=O)c1ccc(C(=O)C(CSC(C)(C)COC(C)(C)C)CS(=O)(=O)C(C)(C)COC(C)(C)C)cc1. The van der Waals surface area contributed by atoms with E-state index < -0.39 is 77.4 Å². The van der Waals surface area contributed by atoms with Gasteiger partial charge in [-0.15, -0.1) is 0 Å². The number of ketones is 1. The van der Waals surface area contributed by atoms with E-state index >= 15 is 0 Å². The molecule has 310 valence electrons. The molecule has 0 saturated heterocycles. The minimum absolute atomic E-state index is 0.0463. The molecule has 0 saturated carbocycles. The number of rotatable bonds is 21. The summed E-state index contributed by atoms with van der Waals surface area (Å²) in [5, 5.41) is 14.8. The first-order chi connectivity index (χ1) is 24.1. The van der Waals surface area contributed by atoms with E-state index in [-0.39, 0.29) is 48.5 Å². The van der Waals surface area contributed by atoms with E-state index in [1.807, 2.05) is 76.2 Å². The number of sulfone groups is 1. The molecule has 0 aliphatic heterocycles. The summed E-state index contributed by atoms with van der Waals surface area (Å²) < 4.78 is 43.7. The molecule has 0 heterocycles. The molecule has 0 aromatic heterocycles. The third-order valence-electron chi connectivity index (χ3n) is 8.04. The van der Waals surface area contributed by atoms with Gasteiger partial charge in [0.05, 0.1) is 52.7 Å². The van der Waals surface area contributed by atoms with Gasteiger partial charge in [-0.1, -0.05) is 12.1 Å². The normalized spacial score (nSPS) is 14.6. The van der Waals surface area contributed by atoms with Crippen LogP contribution in [0.15, 0.2) is 24.3 Å². The largest absolute Gasteiger partial charge is 0.481 e. The standard InChI is InChI=1S/C40H68N2O10S2/c1-35(2,3)50-24-38(10,11)42-34(47)30(20-21-31(43)44)41-33(46)28-18-16-27(17-19-28)32(45)29(22-53-39(12,13)25-51-36(4,5)6)23-54(48,49)40(14,15)26-52-37(7,8)9/h16-19,29-30H,20-26H2,1-15H3,(H,41,46)(H,42,47)(H,43,44)/t29?,30-/m0/s1. The van der Waals surface area contributed by atoms with Crippen LogP contribution in [0.3, 0.4) is 0 Å². The summed E-state index contributed by atoms with van der Waals surface area (Å²) in [5.41, 5.74) is -1.84. The molecule has 0 aliphatic rings. The first-order valence-corrected chi connectivity index (χ1v) is 21.1. The maximum atomic E-state index is 14.1. The van der Waals surface area contributed by atoms with Crippen LogP contribution in [-0.4, -0.2) is 106 Å². The van der Waals surface area contributed by atoms with Crippen LogP contribution in [0.4, 0.5) is 0 Å². The van der Waals surface area contributed by atoms with Gasteiger partial charge in [-0.2, -0.15) is 11.8 Å². The Morgan fingerprint density at radius 2 is 1.19 bits per heavy atom. The molecular formula is C40H68N2O10S2. The Bertz CT molecular complexity index is 1530. The number of nitrogens with one attached hydrogen (secondary N) is 2. The van der Waals surface area contributed by atoms with Gasteiger partial charge in [0.1, 0.15) is 6.04 Å². The van der Waals surface area contributed by atoms with Crippen LogP contribution in [0.25, 0.3) is 0 Å². The molecule has 1 unspecified atom stereocenters. The van der Waals surface area contributed by atoms with E-state index in [0.29, 0.717) is 6.61 Å². The van der Waals surface area contributed by atoms with E-state index in [1.165, 1.54) is 36.0 Å². The molecule has 54 heavy (non-hydrogen) atoms. The fraction of sp³-hybridized carbons (Fsp3) is 0.750. The lowest BCUT2D eigenvalue weighted by molar-refractivity contribution is -0.137. The van der Waals surface area contributed by atoms with Crippen molar-refractivity contribution in [3.8, 4) is 0 Å². The number of carboxylic acid groups (broad SMARTS) is 1. The zero-order valence-electron chi connectivity index (χ0n) is 35.4. The van der Waals surface area contributed by atoms with Crippen molar-refractivity contribution in [2.24, 2.45) is 5.92 Å². The van der Waals surface area contributed by atoms with Crippen molar-refractivity contribution in [2.45, 2.75) is 155 Å². The number of aliphatic carboxylic acids is 1. The van der Waals surface area contributed by atoms with Crippen molar-refractivity contribution >= 4 is 45.2 Å². The fourth-order valence-electron chi connectivity index (χ4n) is 4.58. The second-order valence-electron chi connectivity index (χ2n) is 18.8. The number of carbonyl (C=O) groups excluding carboxylic acids is 3. The summed E-state index contributed by atoms with van der Waals surface area (Å²) in [6.07, 6.45) is -0.507. The Morgan fingerprint density at radius 3 is 1.67 bits per heavy atom. The maximum absolute atomic E-state index is 14.1. The molecule has 0 fully saturated rings. The minimum Gasteiger partial charge on any atom is -0.481 e. The Kier molecular flexibility index (Phi) is 17.5. The number of hydrogen-bond donors (Lipinski definition) is 3. The van der Waals surface area contributed by atoms with Crippen LogP contribution in [0.5, 0.6) is 0 Å². The topological polar surface area (TPSA) is 174 Å². The molecule has 0 radical (unpaired) electrons. The van der Waals surface area contributed by atoms with Crippen molar-refractivity contribution in [1.29, 1.82) is 0 Å². The second-order valence-corrected chi connectivity index (χ2v) is 23.2. The quantitative estimate of drug-likeness (QED) is 0.116. The van der Waals surface area contributed by atoms with Crippen LogP contribution >= 0.6 is 11.8 Å². The highest BCUT2D eigenvalue weighted by atomic mass is 32.2. The predicted octanol–water partition coefficient (Wildman–Crippen LogP) is 6.49. The summed E-state index contributed by atoms with van der Waals surface area (Å²) in [4.78, 5) is 52.1. The number of carboxylic acids is 1. The number of amides is 2. The molecule has 2 atom stereocenters. The highest BCUT2D eigenvalue weighted by Crippen LogP contribution is 2.32. The van der Waals surface area contributed by atoms with Crippen LogP contribution in [0.2, 0.25) is 0 Å². The molecule has 14 heteroatoms. The van der Waals surface area contributed by atoms with Gasteiger partial charge in [0.2, 0.25) is 5.91 Å². The molecule has 1 aromatic carbocycles. The molecule has 12 nitrogen and oxygen atoms in total. The van der Waals surface area contributed by atoms with E-state index in [2.05, 4.69) is 10.6 Å². The van der Waals surface area contributed by atoms with E-state index in [4.69, 9.17) is 14.2 Å². The molecule has 2 amide bonds. The van der Waals surface area contributed by atoms with Gasteiger partial charge >= 0.3 is 5.97 Å². The molecule has 3 N–H and O–H groups in total. The lowest BCUT2D eigenvalue weighted by atomic mass is 9.99. The Balaban J connectivity index is 3.34. The highest BCUT2D eigenvalue weighted by molar-refractivity contribution is 8.00. The summed E-state index contributed by atoms with van der Waals surface area (Å²) in [6.45, 7) is 28.3. The van der Waals surface area contributed by atoms with Crippen molar-refractivity contribution in [3.05, 3.63) is 35.4 Å². The van der Waals surface area contributed by atoms with Crippen LogP contribution < -0.4 is 10.6 Å². The van der Waals surface area contributed by atoms with Crippen molar-refractivity contribution in [2.75, 3.05) is 31.3 Å². The second kappa shape index (κ2) is 19.1. The predicted molar refractivity (Wildman–Crippen MR) is 216 cm³/mol. The average molecular weight is 801 g/mol. The zero-order chi connectivity index (χ0) is 42.1. The lowest BCUT2D eigenvalue weighted by Crippen LogP contribution is -2.55. The maximum Gasteiger partial charge on any atom is 0.303 e. The van der Waals surface area contributed by atoms with Gasteiger partial charge in [-0.3, -0.25) is 19.2 Å². The minimum atomic E-state index is -3.86. The van der Waals surface area contributed by atoms with Crippen molar-refractivity contribution in [3.63, 3.8) is 0 Å². The fourth-order valence-corrected chi connectivity index (χ4v) is 7.28. The smallest absolute Gasteiger partial charge is 0.303 e. The number of ether oxygens (including phenoxy) is 3. The summed E-state index contributed by atoms with van der Waals surface area (Å²) >= 11 is 1.46. The average Bonchev–Trinajstić information content (AvgIpc) is 3.00. The summed E-state index contributed by atoms with van der Waals surface area (Å²) in [5.74, 6) is -3.84. The lowest BCUT2D eigenvalue weighted by Gasteiger charge is -2.32. The summed E-state index contributed by atoms with van der Waals surface area (Å²) in [7, 11) is -3.86. The van der Waals surface area contributed by atoms with Gasteiger partial charge in [-0.05, 0) is 122 Å². The molecular weight excluding hydrogens is 733 g/mol. The van der Waals surface area contributed by atoms with Gasteiger partial charge in [0, 0.05) is 34.0 Å². The third-order valence-corrected chi connectivity index (χ3v) is 12.2. The first-order valence-electron chi connectivity index (χ1n) is 18.4. The van der Waals surface area contributed by atoms with Crippen LogP contribution in [-0.2, 0) is 33.6 Å². The highest BCUT2D eigenvalue weighted by Gasteiger charge is 2.40. The Labute approximate surface area is 328 Å². The molecule has 0 bridgehead atoms.